The van der Waals surface area contributed by atoms with Gasteiger partial charge in [0.25, 0.3) is 0 Å². The highest BCUT2D eigenvalue weighted by Gasteiger charge is 2.19. The van der Waals surface area contributed by atoms with Crippen molar-refractivity contribution in [2.24, 2.45) is 5.41 Å². The largest absolute Gasteiger partial charge is 0.496 e. The van der Waals surface area contributed by atoms with Crippen molar-refractivity contribution in [3.63, 3.8) is 0 Å². The second-order valence-corrected chi connectivity index (χ2v) is 5.99. The number of benzene rings is 1. The van der Waals surface area contributed by atoms with E-state index in [9.17, 15) is 5.11 Å². The fourth-order valence-electron chi connectivity index (χ4n) is 2.30. The van der Waals surface area contributed by atoms with Gasteiger partial charge in [0.2, 0.25) is 0 Å². The molecule has 0 radical (unpaired) electrons. The van der Waals surface area contributed by atoms with Gasteiger partial charge in [-0.3, -0.25) is 0 Å². The molecular weight excluding hydrogens is 238 g/mol. The fraction of sp³-hybridized carbons (Fsp3) is 0.625. The molecule has 3 heteroatoms. The third kappa shape index (κ3) is 4.84. The van der Waals surface area contributed by atoms with Gasteiger partial charge < -0.3 is 14.7 Å². The van der Waals surface area contributed by atoms with E-state index in [4.69, 9.17) is 4.74 Å². The van der Waals surface area contributed by atoms with Crippen LogP contribution in [0.5, 0.6) is 5.75 Å². The number of methoxy groups -OCH3 is 1. The summed E-state index contributed by atoms with van der Waals surface area (Å²) in [4.78, 5) is 2.23. The maximum absolute atomic E-state index is 9.34. The Bertz CT molecular complexity index is 402. The average Bonchev–Trinajstić information content (AvgIpc) is 2.37. The molecule has 0 atom stereocenters. The van der Waals surface area contributed by atoms with Crippen LogP contribution in [0, 0.1) is 5.41 Å². The molecule has 0 spiro atoms. The van der Waals surface area contributed by atoms with Crippen LogP contribution in [0.1, 0.15) is 31.9 Å². The van der Waals surface area contributed by atoms with Gasteiger partial charge in [-0.25, -0.2) is 0 Å². The molecule has 0 aliphatic carbocycles. The van der Waals surface area contributed by atoms with Gasteiger partial charge in [-0.15, -0.1) is 0 Å². The SMILES string of the molecule is CCc1ccc(OC)c(CN(C)CC(C)(C)CO)c1. The van der Waals surface area contributed by atoms with E-state index in [0.717, 1.165) is 25.3 Å². The number of ether oxygens (including phenoxy) is 1. The number of nitrogens with zero attached hydrogens (tertiary/aromatic N) is 1. The van der Waals surface area contributed by atoms with Crippen LogP contribution < -0.4 is 4.74 Å². The molecule has 0 aromatic heterocycles. The zero-order chi connectivity index (χ0) is 14.5. The smallest absolute Gasteiger partial charge is 0.123 e. The lowest BCUT2D eigenvalue weighted by molar-refractivity contribution is 0.112. The molecule has 108 valence electrons. The molecule has 1 rings (SSSR count). The number of rotatable bonds is 7. The van der Waals surface area contributed by atoms with E-state index in [2.05, 4.69) is 44.9 Å². The van der Waals surface area contributed by atoms with Crippen LogP contribution in [0.3, 0.4) is 0 Å². The predicted octanol–water partition coefficient (Wildman–Crippen LogP) is 2.71. The van der Waals surface area contributed by atoms with Crippen LogP contribution in [0.4, 0.5) is 0 Å². The monoisotopic (exact) mass is 265 g/mol. The number of hydrogen-bond donors (Lipinski definition) is 1. The first-order valence-corrected chi connectivity index (χ1v) is 6.87. The zero-order valence-electron chi connectivity index (χ0n) is 12.9. The second kappa shape index (κ2) is 6.92. The van der Waals surface area contributed by atoms with Gasteiger partial charge in [0.1, 0.15) is 5.75 Å². The van der Waals surface area contributed by atoms with Gasteiger partial charge in [-0.05, 0) is 25.1 Å². The van der Waals surface area contributed by atoms with E-state index in [-0.39, 0.29) is 12.0 Å². The Morgan fingerprint density at radius 1 is 1.32 bits per heavy atom. The average molecular weight is 265 g/mol. The summed E-state index contributed by atoms with van der Waals surface area (Å²) in [6.45, 7) is 8.18. The number of aliphatic hydroxyl groups is 1. The Morgan fingerprint density at radius 3 is 2.53 bits per heavy atom. The van der Waals surface area contributed by atoms with Crippen molar-refractivity contribution < 1.29 is 9.84 Å². The van der Waals surface area contributed by atoms with Gasteiger partial charge in [0.05, 0.1) is 7.11 Å². The highest BCUT2D eigenvalue weighted by molar-refractivity contribution is 5.37. The summed E-state index contributed by atoms with van der Waals surface area (Å²) in [6, 6.07) is 6.36. The van der Waals surface area contributed by atoms with Gasteiger partial charge in [-0.1, -0.05) is 32.9 Å². The van der Waals surface area contributed by atoms with E-state index < -0.39 is 0 Å². The van der Waals surface area contributed by atoms with Crippen LogP contribution in [0.15, 0.2) is 18.2 Å². The minimum atomic E-state index is -0.0790. The van der Waals surface area contributed by atoms with Crippen LogP contribution in [-0.2, 0) is 13.0 Å². The fourth-order valence-corrected chi connectivity index (χ4v) is 2.30. The Kier molecular flexibility index (Phi) is 5.83. The van der Waals surface area contributed by atoms with Crippen LogP contribution >= 0.6 is 0 Å². The highest BCUT2D eigenvalue weighted by Crippen LogP contribution is 2.23. The van der Waals surface area contributed by atoms with E-state index in [1.54, 1.807) is 7.11 Å². The van der Waals surface area contributed by atoms with Crippen molar-refractivity contribution in [3.05, 3.63) is 29.3 Å². The Labute approximate surface area is 117 Å². The van der Waals surface area contributed by atoms with Gasteiger partial charge in [-0.2, -0.15) is 0 Å². The molecule has 0 fully saturated rings. The molecular formula is C16H27NO2. The van der Waals surface area contributed by atoms with Gasteiger partial charge in [0, 0.05) is 30.7 Å². The number of aliphatic hydroxyl groups excluding tert-OH is 1. The molecule has 0 bridgehead atoms. The van der Waals surface area contributed by atoms with E-state index in [0.29, 0.717) is 0 Å². The molecule has 3 nitrogen and oxygen atoms in total. The number of aryl methyl sites for hydroxylation is 1. The van der Waals surface area contributed by atoms with Crippen LogP contribution in [0.25, 0.3) is 0 Å². The molecule has 1 aromatic carbocycles. The van der Waals surface area contributed by atoms with Gasteiger partial charge >= 0.3 is 0 Å². The summed E-state index contributed by atoms with van der Waals surface area (Å²) in [5.74, 6) is 0.936. The minimum Gasteiger partial charge on any atom is -0.496 e. The zero-order valence-corrected chi connectivity index (χ0v) is 12.9. The molecule has 0 unspecified atom stereocenters. The molecule has 0 heterocycles. The molecule has 0 saturated heterocycles. The first-order valence-electron chi connectivity index (χ1n) is 6.87. The molecule has 0 aliphatic rings. The molecule has 0 aliphatic heterocycles. The summed E-state index contributed by atoms with van der Waals surface area (Å²) in [6.07, 6.45) is 1.03. The Hall–Kier alpha value is -1.06. The summed E-state index contributed by atoms with van der Waals surface area (Å²) < 4.78 is 5.43. The number of hydrogen-bond acceptors (Lipinski definition) is 3. The lowest BCUT2D eigenvalue weighted by Gasteiger charge is -2.28. The standard InChI is InChI=1S/C16H27NO2/c1-6-13-7-8-15(19-5)14(9-13)10-17(4)11-16(2,3)12-18/h7-9,18H,6,10-12H2,1-5H3. The van der Waals surface area contributed by atoms with Crippen LogP contribution in [-0.4, -0.2) is 37.3 Å². The Morgan fingerprint density at radius 2 is 2.00 bits per heavy atom. The topological polar surface area (TPSA) is 32.7 Å². The lowest BCUT2D eigenvalue weighted by atomic mass is 9.94. The first kappa shape index (κ1) is 16.0. The molecule has 0 saturated carbocycles. The van der Waals surface area contributed by atoms with Crippen molar-refractivity contribution in [2.75, 3.05) is 27.3 Å². The van der Waals surface area contributed by atoms with Crippen molar-refractivity contribution in [2.45, 2.75) is 33.7 Å². The lowest BCUT2D eigenvalue weighted by Crippen LogP contribution is -2.33. The van der Waals surface area contributed by atoms with Crippen molar-refractivity contribution in [1.29, 1.82) is 0 Å². The van der Waals surface area contributed by atoms with Gasteiger partial charge in [0.15, 0.2) is 0 Å². The van der Waals surface area contributed by atoms with E-state index in [1.165, 1.54) is 11.1 Å². The first-order chi connectivity index (χ1) is 8.91. The normalized spacial score (nSPS) is 11.9. The van der Waals surface area contributed by atoms with E-state index in [1.807, 2.05) is 6.07 Å². The molecule has 1 aromatic rings. The minimum absolute atomic E-state index is 0.0790. The van der Waals surface area contributed by atoms with Crippen LogP contribution in [0.2, 0.25) is 0 Å². The Balaban J connectivity index is 2.80. The molecule has 19 heavy (non-hydrogen) atoms. The quantitative estimate of drug-likeness (QED) is 0.823. The van der Waals surface area contributed by atoms with Crippen molar-refractivity contribution >= 4 is 0 Å². The maximum atomic E-state index is 9.34. The van der Waals surface area contributed by atoms with Crippen molar-refractivity contribution in [1.82, 2.24) is 4.90 Å². The van der Waals surface area contributed by atoms with Crippen molar-refractivity contribution in [3.8, 4) is 5.75 Å². The summed E-state index contributed by atoms with van der Waals surface area (Å²) >= 11 is 0. The molecule has 1 N–H and O–H groups in total. The van der Waals surface area contributed by atoms with E-state index >= 15 is 0 Å². The third-order valence-corrected chi connectivity index (χ3v) is 3.32. The summed E-state index contributed by atoms with van der Waals surface area (Å²) in [5, 5.41) is 9.34. The summed E-state index contributed by atoms with van der Waals surface area (Å²) in [7, 11) is 3.79. The summed E-state index contributed by atoms with van der Waals surface area (Å²) in [5.41, 5.74) is 2.45. The third-order valence-electron chi connectivity index (χ3n) is 3.32. The molecule has 0 amide bonds. The second-order valence-electron chi connectivity index (χ2n) is 5.99. The highest BCUT2D eigenvalue weighted by atomic mass is 16.5. The maximum Gasteiger partial charge on any atom is 0.123 e. The predicted molar refractivity (Wildman–Crippen MR) is 79.6 cm³/mol.